The van der Waals surface area contributed by atoms with Gasteiger partial charge in [-0.05, 0) is 92.7 Å². The van der Waals surface area contributed by atoms with Gasteiger partial charge in [-0.2, -0.15) is 0 Å². The first-order valence-electron chi connectivity index (χ1n) is 17.9. The molecule has 248 valence electrons. The first-order valence-corrected chi connectivity index (χ1v) is 17.9. The molecule has 53 heavy (non-hydrogen) atoms. The summed E-state index contributed by atoms with van der Waals surface area (Å²) >= 11 is 0. The summed E-state index contributed by atoms with van der Waals surface area (Å²) < 4.78 is 6.17. The van der Waals surface area contributed by atoms with Gasteiger partial charge >= 0.3 is 0 Å². The van der Waals surface area contributed by atoms with Crippen LogP contribution in [0.2, 0.25) is 0 Å². The van der Waals surface area contributed by atoms with Gasteiger partial charge < -0.3 is 4.42 Å². The van der Waals surface area contributed by atoms with E-state index in [2.05, 4.69) is 176 Å². The van der Waals surface area contributed by atoms with Gasteiger partial charge in [0.25, 0.3) is 0 Å². The number of para-hydroxylation sites is 1. The maximum absolute atomic E-state index is 6.17. The Balaban J connectivity index is 1.12. The fraction of sp³-hybridized carbons (Fsp3) is 0. The minimum absolute atomic E-state index is 0.685. The molecule has 0 aliphatic carbocycles. The lowest BCUT2D eigenvalue weighted by atomic mass is 9.94. The quantitative estimate of drug-likeness (QED) is 0.176. The lowest BCUT2D eigenvalue weighted by molar-refractivity contribution is 0.669. The SMILES string of the molecule is c1ccc(-c2cc(-c3ccc4oc5ccccc5c4c3)cc(-c3cc(-c4ccccc4)nc(-c4ccc(-c5ccc6ccccc6c5)cc4)n3)c2)cc1. The summed E-state index contributed by atoms with van der Waals surface area (Å²) in [6.07, 6.45) is 0. The van der Waals surface area contributed by atoms with Crippen LogP contribution in [0.5, 0.6) is 0 Å². The van der Waals surface area contributed by atoms with Crippen molar-refractivity contribution in [2.75, 3.05) is 0 Å². The molecular weight excluding hydrogens is 645 g/mol. The summed E-state index contributed by atoms with van der Waals surface area (Å²) in [5, 5.41) is 4.69. The number of fused-ring (bicyclic) bond motifs is 4. The zero-order valence-electron chi connectivity index (χ0n) is 28.8. The second kappa shape index (κ2) is 12.9. The highest BCUT2D eigenvalue weighted by atomic mass is 16.3. The molecule has 0 atom stereocenters. The van der Waals surface area contributed by atoms with Gasteiger partial charge in [0.15, 0.2) is 5.82 Å². The van der Waals surface area contributed by atoms with E-state index in [-0.39, 0.29) is 0 Å². The van der Waals surface area contributed by atoms with Crippen molar-refractivity contribution >= 4 is 32.7 Å². The molecule has 0 radical (unpaired) electrons. The molecule has 0 saturated heterocycles. The number of hydrogen-bond donors (Lipinski definition) is 0. The van der Waals surface area contributed by atoms with Crippen molar-refractivity contribution in [1.82, 2.24) is 9.97 Å². The minimum Gasteiger partial charge on any atom is -0.456 e. The molecule has 0 aliphatic heterocycles. The van der Waals surface area contributed by atoms with Crippen molar-refractivity contribution in [2.45, 2.75) is 0 Å². The number of benzene rings is 8. The average molecular weight is 677 g/mol. The van der Waals surface area contributed by atoms with E-state index in [1.54, 1.807) is 0 Å². The first kappa shape index (κ1) is 30.7. The molecule has 3 heteroatoms. The van der Waals surface area contributed by atoms with E-state index in [4.69, 9.17) is 14.4 Å². The Labute approximate surface area is 307 Å². The van der Waals surface area contributed by atoms with Gasteiger partial charge in [0.2, 0.25) is 0 Å². The number of aromatic nitrogens is 2. The lowest BCUT2D eigenvalue weighted by Crippen LogP contribution is -1.96. The minimum atomic E-state index is 0.685. The molecular formula is C50H32N2O. The van der Waals surface area contributed by atoms with E-state index in [0.29, 0.717) is 5.82 Å². The van der Waals surface area contributed by atoms with E-state index < -0.39 is 0 Å². The van der Waals surface area contributed by atoms with Crippen molar-refractivity contribution in [1.29, 1.82) is 0 Å². The van der Waals surface area contributed by atoms with Gasteiger partial charge in [-0.25, -0.2) is 9.97 Å². The Hall–Kier alpha value is -7.10. The van der Waals surface area contributed by atoms with Crippen LogP contribution in [0.25, 0.3) is 100.0 Å². The summed E-state index contributed by atoms with van der Waals surface area (Å²) in [7, 11) is 0. The first-order chi connectivity index (χ1) is 26.2. The maximum Gasteiger partial charge on any atom is 0.160 e. The second-order valence-electron chi connectivity index (χ2n) is 13.4. The van der Waals surface area contributed by atoms with Crippen LogP contribution in [0.3, 0.4) is 0 Å². The van der Waals surface area contributed by atoms with E-state index in [1.165, 1.54) is 16.3 Å². The smallest absolute Gasteiger partial charge is 0.160 e. The third-order valence-corrected chi connectivity index (χ3v) is 10.1. The zero-order valence-corrected chi connectivity index (χ0v) is 28.8. The number of rotatable bonds is 6. The highest BCUT2D eigenvalue weighted by molar-refractivity contribution is 6.06. The fourth-order valence-electron chi connectivity index (χ4n) is 7.31. The number of nitrogens with zero attached hydrogens (tertiary/aromatic N) is 2. The third-order valence-electron chi connectivity index (χ3n) is 10.1. The van der Waals surface area contributed by atoms with E-state index in [9.17, 15) is 0 Å². The van der Waals surface area contributed by atoms with Gasteiger partial charge in [0, 0.05) is 27.5 Å². The molecule has 0 fully saturated rings. The van der Waals surface area contributed by atoms with Crippen molar-refractivity contribution in [2.24, 2.45) is 0 Å². The summed E-state index contributed by atoms with van der Waals surface area (Å²) in [4.78, 5) is 10.4. The van der Waals surface area contributed by atoms with Gasteiger partial charge in [-0.1, -0.05) is 146 Å². The Kier molecular flexibility index (Phi) is 7.47. The Morgan fingerprint density at radius 3 is 1.60 bits per heavy atom. The molecule has 0 spiro atoms. The average Bonchev–Trinajstić information content (AvgIpc) is 3.62. The van der Waals surface area contributed by atoms with E-state index >= 15 is 0 Å². The van der Waals surface area contributed by atoms with Crippen molar-refractivity contribution < 1.29 is 4.42 Å². The highest BCUT2D eigenvalue weighted by Gasteiger charge is 2.15. The van der Waals surface area contributed by atoms with Crippen molar-refractivity contribution in [3.05, 3.63) is 194 Å². The molecule has 0 unspecified atom stereocenters. The molecule has 2 heterocycles. The molecule has 10 rings (SSSR count). The predicted molar refractivity (Wildman–Crippen MR) is 219 cm³/mol. The molecule has 0 bridgehead atoms. The van der Waals surface area contributed by atoms with Gasteiger partial charge in [-0.3, -0.25) is 0 Å². The molecule has 8 aromatic carbocycles. The number of furan rings is 1. The van der Waals surface area contributed by atoms with Gasteiger partial charge in [0.05, 0.1) is 11.4 Å². The predicted octanol–water partition coefficient (Wildman–Crippen LogP) is 13.5. The lowest BCUT2D eigenvalue weighted by Gasteiger charge is -2.13. The fourth-order valence-corrected chi connectivity index (χ4v) is 7.31. The summed E-state index contributed by atoms with van der Waals surface area (Å²) in [6.45, 7) is 0. The number of hydrogen-bond acceptors (Lipinski definition) is 3. The second-order valence-corrected chi connectivity index (χ2v) is 13.4. The van der Waals surface area contributed by atoms with Crippen LogP contribution in [-0.2, 0) is 0 Å². The molecule has 0 saturated carbocycles. The topological polar surface area (TPSA) is 38.9 Å². The normalized spacial score (nSPS) is 11.4. The van der Waals surface area contributed by atoms with E-state index in [0.717, 1.165) is 77.8 Å². The molecule has 2 aromatic heterocycles. The van der Waals surface area contributed by atoms with Crippen LogP contribution < -0.4 is 0 Å². The summed E-state index contributed by atoms with van der Waals surface area (Å²) in [6, 6.07) is 68.2. The van der Waals surface area contributed by atoms with Crippen LogP contribution in [0.15, 0.2) is 199 Å². The highest BCUT2D eigenvalue weighted by Crippen LogP contribution is 2.37. The summed E-state index contributed by atoms with van der Waals surface area (Å²) in [5.41, 5.74) is 13.4. The monoisotopic (exact) mass is 676 g/mol. The Bertz CT molecular complexity index is 2930. The molecule has 0 aliphatic rings. The Morgan fingerprint density at radius 1 is 0.283 bits per heavy atom. The largest absolute Gasteiger partial charge is 0.456 e. The van der Waals surface area contributed by atoms with Gasteiger partial charge in [-0.15, -0.1) is 0 Å². The maximum atomic E-state index is 6.17. The van der Waals surface area contributed by atoms with Crippen LogP contribution in [0.1, 0.15) is 0 Å². The molecule has 0 amide bonds. The third kappa shape index (κ3) is 5.85. The van der Waals surface area contributed by atoms with Crippen molar-refractivity contribution in [3.8, 4) is 67.3 Å². The van der Waals surface area contributed by atoms with E-state index in [1.807, 2.05) is 18.2 Å². The van der Waals surface area contributed by atoms with Crippen LogP contribution in [0.4, 0.5) is 0 Å². The summed E-state index contributed by atoms with van der Waals surface area (Å²) in [5.74, 6) is 0.685. The van der Waals surface area contributed by atoms with Crippen LogP contribution >= 0.6 is 0 Å². The standard InChI is InChI=1S/C50H32N2O/c1-3-11-33(12-4-1)41-28-42(40-25-26-49-45(31-40)44-17-9-10-18-48(44)53-49)30-43(29-41)47-32-46(36-14-5-2-6-15-36)51-50(52-47)37-22-19-35(20-23-37)39-24-21-34-13-7-8-16-38(34)27-39/h1-32H. The molecule has 0 N–H and O–H groups in total. The van der Waals surface area contributed by atoms with Crippen LogP contribution in [0, 0.1) is 0 Å². The van der Waals surface area contributed by atoms with Crippen LogP contribution in [-0.4, -0.2) is 9.97 Å². The van der Waals surface area contributed by atoms with Crippen molar-refractivity contribution in [3.63, 3.8) is 0 Å². The van der Waals surface area contributed by atoms with Gasteiger partial charge in [0.1, 0.15) is 11.2 Å². The molecule has 10 aromatic rings. The zero-order chi connectivity index (χ0) is 35.1. The Morgan fingerprint density at radius 2 is 0.811 bits per heavy atom. The molecule has 3 nitrogen and oxygen atoms in total.